The molecule has 1 aromatic carbocycles. The van der Waals surface area contributed by atoms with Crippen LogP contribution in [0.3, 0.4) is 0 Å². The Morgan fingerprint density at radius 3 is 2.78 bits per heavy atom. The molecule has 0 amide bonds. The summed E-state index contributed by atoms with van der Waals surface area (Å²) < 4.78 is 13.3. The van der Waals surface area contributed by atoms with Crippen LogP contribution in [0.5, 0.6) is 0 Å². The fraction of sp³-hybridized carbons (Fsp3) is 0.429. The second-order valence-corrected chi connectivity index (χ2v) is 5.37. The Labute approximate surface area is 111 Å². The summed E-state index contributed by atoms with van der Waals surface area (Å²) in [6, 6.07) is 4.67. The highest BCUT2D eigenvalue weighted by molar-refractivity contribution is 7.99. The molecule has 0 fully saturated rings. The summed E-state index contributed by atoms with van der Waals surface area (Å²) >= 11 is 1.67. The van der Waals surface area contributed by atoms with Gasteiger partial charge in [-0.2, -0.15) is 11.8 Å². The van der Waals surface area contributed by atoms with Gasteiger partial charge >= 0.3 is 0 Å². The molecule has 1 unspecified atom stereocenters. The summed E-state index contributed by atoms with van der Waals surface area (Å²) in [5.41, 5.74) is 1.45. The van der Waals surface area contributed by atoms with Gasteiger partial charge in [0.2, 0.25) is 0 Å². The number of benzene rings is 1. The summed E-state index contributed by atoms with van der Waals surface area (Å²) in [6.45, 7) is 1.98. The molecule has 0 saturated heterocycles. The van der Waals surface area contributed by atoms with E-state index in [1.54, 1.807) is 11.8 Å². The molecular formula is C14H17FO2S. The maximum atomic E-state index is 13.3. The predicted octanol–water partition coefficient (Wildman–Crippen LogP) is 2.17. The third-order valence-corrected chi connectivity index (χ3v) is 3.64. The Balaban J connectivity index is 2.68. The van der Waals surface area contributed by atoms with Crippen LogP contribution in [0.25, 0.3) is 0 Å². The smallest absolute Gasteiger partial charge is 0.124 e. The van der Waals surface area contributed by atoms with E-state index in [4.69, 9.17) is 10.2 Å². The van der Waals surface area contributed by atoms with E-state index in [0.29, 0.717) is 16.6 Å². The van der Waals surface area contributed by atoms with Crippen LogP contribution in [0.15, 0.2) is 18.2 Å². The number of hydrogen-bond acceptors (Lipinski definition) is 3. The highest BCUT2D eigenvalue weighted by atomic mass is 32.2. The Hall–Kier alpha value is -1.02. The molecule has 0 saturated carbocycles. The van der Waals surface area contributed by atoms with Crippen molar-refractivity contribution in [3.63, 3.8) is 0 Å². The van der Waals surface area contributed by atoms with E-state index in [1.165, 1.54) is 12.1 Å². The number of hydrogen-bond donors (Lipinski definition) is 2. The molecular weight excluding hydrogens is 251 g/mol. The first-order chi connectivity index (χ1) is 8.65. The Kier molecular flexibility index (Phi) is 6.81. The van der Waals surface area contributed by atoms with Crippen molar-refractivity contribution in [2.45, 2.75) is 24.3 Å². The second kappa shape index (κ2) is 8.15. The van der Waals surface area contributed by atoms with Crippen molar-refractivity contribution < 1.29 is 14.6 Å². The van der Waals surface area contributed by atoms with Crippen molar-refractivity contribution in [2.24, 2.45) is 0 Å². The molecule has 0 aliphatic carbocycles. The van der Waals surface area contributed by atoms with Gasteiger partial charge in [-0.05, 0) is 30.2 Å². The first-order valence-corrected chi connectivity index (χ1v) is 6.82. The SMILES string of the molecule is CC(CCO)SCc1cc(F)cc(C#CCO)c1. The fourth-order valence-corrected chi connectivity index (χ4v) is 2.37. The summed E-state index contributed by atoms with van der Waals surface area (Å²) in [6.07, 6.45) is 0.733. The van der Waals surface area contributed by atoms with Crippen LogP contribution in [0.4, 0.5) is 4.39 Å². The van der Waals surface area contributed by atoms with E-state index in [2.05, 4.69) is 11.8 Å². The van der Waals surface area contributed by atoms with Gasteiger partial charge in [0.25, 0.3) is 0 Å². The van der Waals surface area contributed by atoms with Gasteiger partial charge in [-0.25, -0.2) is 4.39 Å². The lowest BCUT2D eigenvalue weighted by molar-refractivity contribution is 0.289. The zero-order valence-electron chi connectivity index (χ0n) is 10.3. The number of aliphatic hydroxyl groups is 2. The molecule has 1 atom stereocenters. The van der Waals surface area contributed by atoms with Crippen LogP contribution in [0.1, 0.15) is 24.5 Å². The van der Waals surface area contributed by atoms with E-state index in [9.17, 15) is 4.39 Å². The van der Waals surface area contributed by atoms with Gasteiger partial charge in [-0.3, -0.25) is 0 Å². The number of thioether (sulfide) groups is 1. The van der Waals surface area contributed by atoms with Gasteiger partial charge in [0.05, 0.1) is 0 Å². The highest BCUT2D eigenvalue weighted by Gasteiger charge is 2.04. The van der Waals surface area contributed by atoms with Crippen molar-refractivity contribution in [2.75, 3.05) is 13.2 Å². The molecule has 0 bridgehead atoms. The molecule has 0 aliphatic heterocycles. The van der Waals surface area contributed by atoms with Gasteiger partial charge in [0, 0.05) is 23.2 Å². The molecule has 1 aromatic rings. The minimum atomic E-state index is -0.315. The molecule has 18 heavy (non-hydrogen) atoms. The lowest BCUT2D eigenvalue weighted by atomic mass is 10.1. The van der Waals surface area contributed by atoms with Crippen molar-refractivity contribution in [3.05, 3.63) is 35.1 Å². The van der Waals surface area contributed by atoms with Crippen molar-refractivity contribution in [1.29, 1.82) is 0 Å². The Morgan fingerprint density at radius 2 is 2.11 bits per heavy atom. The van der Waals surface area contributed by atoms with Crippen molar-refractivity contribution in [3.8, 4) is 11.8 Å². The van der Waals surface area contributed by atoms with Gasteiger partial charge < -0.3 is 10.2 Å². The number of halogens is 1. The third kappa shape index (κ3) is 5.54. The maximum Gasteiger partial charge on any atom is 0.124 e. The molecule has 0 spiro atoms. The first kappa shape index (κ1) is 15.0. The van der Waals surface area contributed by atoms with Crippen LogP contribution < -0.4 is 0 Å². The minimum absolute atomic E-state index is 0.171. The van der Waals surface area contributed by atoms with E-state index in [1.807, 2.05) is 13.0 Å². The minimum Gasteiger partial charge on any atom is -0.396 e. The van der Waals surface area contributed by atoms with E-state index in [-0.39, 0.29) is 19.0 Å². The largest absolute Gasteiger partial charge is 0.396 e. The van der Waals surface area contributed by atoms with Crippen LogP contribution in [0.2, 0.25) is 0 Å². The Morgan fingerprint density at radius 1 is 1.33 bits per heavy atom. The van der Waals surface area contributed by atoms with E-state index < -0.39 is 0 Å². The zero-order chi connectivity index (χ0) is 13.4. The van der Waals surface area contributed by atoms with Crippen LogP contribution >= 0.6 is 11.8 Å². The summed E-state index contributed by atoms with van der Waals surface area (Å²) in [5.74, 6) is 5.57. The third-order valence-electron chi connectivity index (χ3n) is 2.34. The zero-order valence-corrected chi connectivity index (χ0v) is 11.1. The molecule has 1 rings (SSSR count). The van der Waals surface area contributed by atoms with Gasteiger partial charge in [-0.1, -0.05) is 18.8 Å². The average molecular weight is 268 g/mol. The van der Waals surface area contributed by atoms with Gasteiger partial charge in [0.15, 0.2) is 0 Å². The lowest BCUT2D eigenvalue weighted by Crippen LogP contribution is -2.00. The van der Waals surface area contributed by atoms with Crippen molar-refractivity contribution in [1.82, 2.24) is 0 Å². The summed E-state index contributed by atoms with van der Waals surface area (Å²) in [7, 11) is 0. The van der Waals surface area contributed by atoms with Gasteiger partial charge in [-0.15, -0.1) is 0 Å². The highest BCUT2D eigenvalue weighted by Crippen LogP contribution is 2.21. The summed E-state index contributed by atoms with van der Waals surface area (Å²) in [5, 5.41) is 17.7. The Bertz CT molecular complexity index is 437. The van der Waals surface area contributed by atoms with Crippen LogP contribution in [-0.2, 0) is 5.75 Å². The number of rotatable bonds is 5. The monoisotopic (exact) mass is 268 g/mol. The van der Waals surface area contributed by atoms with E-state index in [0.717, 1.165) is 12.0 Å². The van der Waals surface area contributed by atoms with Gasteiger partial charge in [0.1, 0.15) is 12.4 Å². The van der Waals surface area contributed by atoms with Crippen molar-refractivity contribution >= 4 is 11.8 Å². The maximum absolute atomic E-state index is 13.3. The molecule has 0 radical (unpaired) electrons. The molecule has 0 aliphatic rings. The average Bonchev–Trinajstić information content (AvgIpc) is 2.34. The molecule has 2 nitrogen and oxygen atoms in total. The molecule has 4 heteroatoms. The van der Waals surface area contributed by atoms with Crippen LogP contribution in [-0.4, -0.2) is 28.7 Å². The lowest BCUT2D eigenvalue weighted by Gasteiger charge is -2.09. The topological polar surface area (TPSA) is 40.5 Å². The number of aliphatic hydroxyl groups excluding tert-OH is 2. The van der Waals surface area contributed by atoms with Crippen LogP contribution in [0, 0.1) is 17.7 Å². The standard InChI is InChI=1S/C14H17FO2S/c1-11(4-6-17)18-10-13-7-12(3-2-5-16)8-14(15)9-13/h7-9,11,16-17H,4-6,10H2,1H3. The summed E-state index contributed by atoms with van der Waals surface area (Å²) in [4.78, 5) is 0. The predicted molar refractivity (Wildman–Crippen MR) is 72.8 cm³/mol. The van der Waals surface area contributed by atoms with E-state index >= 15 is 0 Å². The molecule has 0 heterocycles. The fourth-order valence-electron chi connectivity index (χ4n) is 1.45. The quantitative estimate of drug-likeness (QED) is 0.804. The second-order valence-electron chi connectivity index (χ2n) is 3.94. The molecule has 0 aromatic heterocycles. The molecule has 98 valence electrons. The molecule has 2 N–H and O–H groups in total. The first-order valence-electron chi connectivity index (χ1n) is 5.77. The normalized spacial score (nSPS) is 11.8.